The number of rotatable bonds is 3. The van der Waals surface area contributed by atoms with E-state index in [-0.39, 0.29) is 23.0 Å². The van der Waals surface area contributed by atoms with Crippen molar-refractivity contribution in [2.24, 2.45) is 0 Å². The SMILES string of the molecule is Nc1ccc(OC2CCOC3(CCCC3)C2)cc1C(=O)O. The maximum absolute atomic E-state index is 11.1. The van der Waals surface area contributed by atoms with Crippen LogP contribution in [0.1, 0.15) is 48.9 Å². The van der Waals surface area contributed by atoms with Gasteiger partial charge in [-0.3, -0.25) is 0 Å². The molecule has 5 heteroatoms. The van der Waals surface area contributed by atoms with Crippen molar-refractivity contribution in [1.82, 2.24) is 0 Å². The van der Waals surface area contributed by atoms with Crippen molar-refractivity contribution in [3.05, 3.63) is 23.8 Å². The number of benzene rings is 1. The Kier molecular flexibility index (Phi) is 3.76. The molecule has 0 radical (unpaired) electrons. The van der Waals surface area contributed by atoms with Gasteiger partial charge in [-0.05, 0) is 31.0 Å². The Morgan fingerprint density at radius 3 is 2.86 bits per heavy atom. The zero-order chi connectivity index (χ0) is 14.9. The topological polar surface area (TPSA) is 81.8 Å². The van der Waals surface area contributed by atoms with Crippen LogP contribution in [0.25, 0.3) is 0 Å². The summed E-state index contributed by atoms with van der Waals surface area (Å²) in [7, 11) is 0. The van der Waals surface area contributed by atoms with Crippen LogP contribution in [0.3, 0.4) is 0 Å². The Labute approximate surface area is 124 Å². The van der Waals surface area contributed by atoms with Crippen LogP contribution >= 0.6 is 0 Å². The average molecular weight is 291 g/mol. The minimum atomic E-state index is -1.03. The molecule has 1 spiro atoms. The zero-order valence-corrected chi connectivity index (χ0v) is 12.0. The number of carboxylic acid groups (broad SMARTS) is 1. The fourth-order valence-corrected chi connectivity index (χ4v) is 3.44. The third kappa shape index (κ3) is 2.97. The molecule has 5 nitrogen and oxygen atoms in total. The van der Waals surface area contributed by atoms with Gasteiger partial charge >= 0.3 is 5.97 Å². The molecule has 1 unspecified atom stereocenters. The number of anilines is 1. The molecule has 3 N–H and O–H groups in total. The third-order valence-corrected chi connectivity index (χ3v) is 4.52. The third-order valence-electron chi connectivity index (χ3n) is 4.52. The van der Waals surface area contributed by atoms with Crippen LogP contribution < -0.4 is 10.5 Å². The van der Waals surface area contributed by atoms with Gasteiger partial charge in [0.2, 0.25) is 0 Å². The molecule has 1 atom stereocenters. The highest BCUT2D eigenvalue weighted by molar-refractivity contribution is 5.94. The number of aromatic carboxylic acids is 1. The number of nitrogens with two attached hydrogens (primary N) is 1. The van der Waals surface area contributed by atoms with Gasteiger partial charge in [0.15, 0.2) is 0 Å². The molecule has 1 aromatic rings. The van der Waals surface area contributed by atoms with Crippen molar-refractivity contribution in [2.45, 2.75) is 50.2 Å². The largest absolute Gasteiger partial charge is 0.490 e. The van der Waals surface area contributed by atoms with Crippen molar-refractivity contribution in [1.29, 1.82) is 0 Å². The quantitative estimate of drug-likeness (QED) is 0.837. The Hall–Kier alpha value is -1.75. The molecule has 1 heterocycles. The predicted octanol–water partition coefficient (Wildman–Crippen LogP) is 2.84. The first kappa shape index (κ1) is 14.2. The second-order valence-corrected chi connectivity index (χ2v) is 6.03. The van der Waals surface area contributed by atoms with Crippen molar-refractivity contribution in [2.75, 3.05) is 12.3 Å². The molecular weight excluding hydrogens is 270 g/mol. The number of ether oxygens (including phenoxy) is 2. The molecule has 21 heavy (non-hydrogen) atoms. The minimum Gasteiger partial charge on any atom is -0.490 e. The molecule has 2 aliphatic rings. The molecule has 1 saturated carbocycles. The predicted molar refractivity (Wildman–Crippen MR) is 78.6 cm³/mol. The van der Waals surface area contributed by atoms with Crippen molar-refractivity contribution in [3.63, 3.8) is 0 Å². The van der Waals surface area contributed by atoms with Crippen LogP contribution in [-0.4, -0.2) is 29.4 Å². The second-order valence-electron chi connectivity index (χ2n) is 6.03. The molecule has 1 saturated heterocycles. The first-order valence-corrected chi connectivity index (χ1v) is 7.51. The average Bonchev–Trinajstić information content (AvgIpc) is 2.88. The van der Waals surface area contributed by atoms with Gasteiger partial charge in [0.25, 0.3) is 0 Å². The summed E-state index contributed by atoms with van der Waals surface area (Å²) in [6, 6.07) is 4.83. The van der Waals surface area contributed by atoms with Gasteiger partial charge in [0.05, 0.1) is 17.8 Å². The molecule has 1 aliphatic carbocycles. The lowest BCUT2D eigenvalue weighted by Gasteiger charge is -2.38. The summed E-state index contributed by atoms with van der Waals surface area (Å²) in [5, 5.41) is 9.11. The van der Waals surface area contributed by atoms with E-state index in [4.69, 9.17) is 20.3 Å². The van der Waals surface area contributed by atoms with E-state index in [1.54, 1.807) is 12.1 Å². The lowest BCUT2D eigenvalue weighted by Crippen LogP contribution is -2.41. The van der Waals surface area contributed by atoms with Crippen LogP contribution in [0.5, 0.6) is 5.75 Å². The summed E-state index contributed by atoms with van der Waals surface area (Å²) in [5.74, 6) is -0.459. The van der Waals surface area contributed by atoms with Crippen molar-refractivity contribution in [3.8, 4) is 5.75 Å². The molecule has 1 aromatic carbocycles. The van der Waals surface area contributed by atoms with Crippen molar-refractivity contribution >= 4 is 11.7 Å². The van der Waals surface area contributed by atoms with Gasteiger partial charge in [-0.15, -0.1) is 0 Å². The molecule has 0 aromatic heterocycles. The van der Waals surface area contributed by atoms with Crippen LogP contribution in [0, 0.1) is 0 Å². The molecule has 3 rings (SSSR count). The van der Waals surface area contributed by atoms with E-state index in [2.05, 4.69) is 0 Å². The molecule has 114 valence electrons. The summed E-state index contributed by atoms with van der Waals surface area (Å²) >= 11 is 0. The van der Waals surface area contributed by atoms with Gasteiger partial charge in [-0.2, -0.15) is 0 Å². The van der Waals surface area contributed by atoms with E-state index in [0.717, 1.165) is 25.7 Å². The first-order valence-electron chi connectivity index (χ1n) is 7.51. The number of carboxylic acids is 1. The molecular formula is C16H21NO4. The zero-order valence-electron chi connectivity index (χ0n) is 12.0. The highest BCUT2D eigenvalue weighted by Gasteiger charge is 2.40. The summed E-state index contributed by atoms with van der Waals surface area (Å²) in [6.45, 7) is 0.714. The van der Waals surface area contributed by atoms with E-state index in [9.17, 15) is 4.79 Å². The number of hydrogen-bond donors (Lipinski definition) is 2. The Morgan fingerprint density at radius 2 is 2.14 bits per heavy atom. The molecule has 2 fully saturated rings. The Bertz CT molecular complexity index is 537. The number of hydrogen-bond acceptors (Lipinski definition) is 4. The minimum absolute atomic E-state index is 0.00759. The van der Waals surface area contributed by atoms with Crippen LogP contribution in [0.4, 0.5) is 5.69 Å². The van der Waals surface area contributed by atoms with Gasteiger partial charge in [0, 0.05) is 18.5 Å². The van der Waals surface area contributed by atoms with Gasteiger partial charge in [0.1, 0.15) is 11.9 Å². The fourth-order valence-electron chi connectivity index (χ4n) is 3.44. The fraction of sp³-hybridized carbons (Fsp3) is 0.562. The molecule has 1 aliphatic heterocycles. The molecule has 0 amide bonds. The van der Waals surface area contributed by atoms with Crippen LogP contribution in [0.15, 0.2) is 18.2 Å². The first-order chi connectivity index (χ1) is 10.1. The Morgan fingerprint density at radius 1 is 1.38 bits per heavy atom. The maximum Gasteiger partial charge on any atom is 0.337 e. The van der Waals surface area contributed by atoms with Gasteiger partial charge in [-0.1, -0.05) is 12.8 Å². The second kappa shape index (κ2) is 5.56. The number of nitrogen functional groups attached to an aromatic ring is 1. The van der Waals surface area contributed by atoms with Crippen LogP contribution in [0.2, 0.25) is 0 Å². The summed E-state index contributed by atoms with van der Waals surface area (Å²) in [5.41, 5.74) is 6.01. The van der Waals surface area contributed by atoms with Crippen LogP contribution in [-0.2, 0) is 4.74 Å². The lowest BCUT2D eigenvalue weighted by atomic mass is 9.90. The van der Waals surface area contributed by atoms with E-state index in [1.807, 2.05) is 0 Å². The van der Waals surface area contributed by atoms with Gasteiger partial charge < -0.3 is 20.3 Å². The number of carbonyl (C=O) groups is 1. The van der Waals surface area contributed by atoms with E-state index in [0.29, 0.717) is 12.4 Å². The van der Waals surface area contributed by atoms with E-state index < -0.39 is 5.97 Å². The maximum atomic E-state index is 11.1. The smallest absolute Gasteiger partial charge is 0.337 e. The Balaban J connectivity index is 1.71. The highest BCUT2D eigenvalue weighted by atomic mass is 16.5. The lowest BCUT2D eigenvalue weighted by molar-refractivity contribution is -0.108. The summed E-state index contributed by atoms with van der Waals surface area (Å²) in [6.07, 6.45) is 6.47. The van der Waals surface area contributed by atoms with Gasteiger partial charge in [-0.25, -0.2) is 4.79 Å². The summed E-state index contributed by atoms with van der Waals surface area (Å²) < 4.78 is 12.0. The summed E-state index contributed by atoms with van der Waals surface area (Å²) in [4.78, 5) is 11.1. The van der Waals surface area contributed by atoms with Crippen molar-refractivity contribution < 1.29 is 19.4 Å². The molecule has 0 bridgehead atoms. The van der Waals surface area contributed by atoms with E-state index in [1.165, 1.54) is 18.9 Å². The highest BCUT2D eigenvalue weighted by Crippen LogP contribution is 2.41. The van der Waals surface area contributed by atoms with E-state index >= 15 is 0 Å². The monoisotopic (exact) mass is 291 g/mol. The normalized spacial score (nSPS) is 24.1. The standard InChI is InChI=1S/C16H21NO4/c17-14-4-3-11(9-13(14)15(18)19)21-12-5-8-20-16(10-12)6-1-2-7-16/h3-4,9,12H,1-2,5-8,10,17H2,(H,18,19).